The van der Waals surface area contributed by atoms with E-state index >= 15 is 0 Å². The van der Waals surface area contributed by atoms with Crippen molar-refractivity contribution in [3.05, 3.63) is 456 Å². The van der Waals surface area contributed by atoms with Crippen molar-refractivity contribution < 1.29 is 0 Å². The molecule has 131 heavy (non-hydrogen) atoms. The Balaban J connectivity index is 0.847. The summed E-state index contributed by atoms with van der Waals surface area (Å²) in [4.78, 5) is 10.5. The fourth-order valence-corrected chi connectivity index (χ4v) is 22.6. The van der Waals surface area contributed by atoms with E-state index in [2.05, 4.69) is 496 Å². The second kappa shape index (κ2) is 32.4. The van der Waals surface area contributed by atoms with Crippen LogP contribution in [0.5, 0.6) is 0 Å². The van der Waals surface area contributed by atoms with E-state index in [9.17, 15) is 0 Å². The molecule has 0 fully saturated rings. The molecule has 19 aromatic carbocycles. The Morgan fingerprint density at radius 1 is 0.198 bits per heavy atom. The molecule has 4 aliphatic rings. The van der Waals surface area contributed by atoms with Crippen molar-refractivity contribution in [1.82, 2.24) is 0 Å². The maximum Gasteiger partial charge on any atom is 0.252 e. The number of fused-ring (bicyclic) bond motifs is 8. The van der Waals surface area contributed by atoms with Crippen LogP contribution in [0.1, 0.15) is 55.6 Å². The number of hydrogen-bond acceptors (Lipinski definition) is 4. The first-order valence-corrected chi connectivity index (χ1v) is 46.1. The zero-order chi connectivity index (χ0) is 88.6. The molecule has 0 spiro atoms. The molecular weight excluding hydrogens is 1580 g/mol. The molecule has 1 radical (unpaired) electrons. The number of para-hydroxylation sites is 1. The van der Waals surface area contributed by atoms with E-state index in [1.54, 1.807) is 0 Å². The Labute approximate surface area is 772 Å². The van der Waals surface area contributed by atoms with Gasteiger partial charge >= 0.3 is 0 Å². The minimum Gasteiger partial charge on any atom is -0.311 e. The summed E-state index contributed by atoms with van der Waals surface area (Å²) in [5.74, 6) is 0. The number of benzene rings is 19. The lowest BCUT2D eigenvalue weighted by atomic mass is 9.25. The molecule has 0 bridgehead atoms. The highest BCUT2D eigenvalue weighted by molar-refractivity contribution is 7.07. The first-order chi connectivity index (χ1) is 64.1. The SMILES string of the molecule is Cc1cccc(C)c1-c1ccc(N2c3ccc(-c4c(C)cccc4C)cc3B3c4cc5c(cc4[B]c4cc(N(c6ccc(-c7ccccc7)cc6)c6ccc(-c7ccccc7)cc6)cc2c43)N(c2c(-c3ccccc3)cccc2-c2ccccc2)c2cc(-c3c(C)cccc3C)cc3c2B5c2cc(-c4c(C)cccc4C)ccc2N3c2ccc(-c3c(C)cccc3C)cc2)cc1. The molecule has 0 saturated heterocycles. The summed E-state index contributed by atoms with van der Waals surface area (Å²) < 4.78 is 0. The minimum absolute atomic E-state index is 0.291. The molecule has 7 heteroatoms. The van der Waals surface area contributed by atoms with Crippen LogP contribution in [-0.4, -0.2) is 20.7 Å². The van der Waals surface area contributed by atoms with Gasteiger partial charge in [-0.05, 0) is 327 Å². The van der Waals surface area contributed by atoms with Gasteiger partial charge in [-0.25, -0.2) is 0 Å². The summed E-state index contributed by atoms with van der Waals surface area (Å²) in [6.07, 6.45) is 0. The number of aryl methyl sites for hydroxylation is 10. The number of nitrogens with zero attached hydrogens (tertiary/aromatic N) is 4. The molecule has 0 N–H and O–H groups in total. The van der Waals surface area contributed by atoms with Crippen molar-refractivity contribution in [3.8, 4) is 100 Å². The normalized spacial score (nSPS) is 12.5. The van der Waals surface area contributed by atoms with Crippen LogP contribution in [0.4, 0.5) is 68.2 Å². The van der Waals surface area contributed by atoms with Crippen LogP contribution in [0.15, 0.2) is 400 Å². The smallest absolute Gasteiger partial charge is 0.252 e. The predicted molar refractivity (Wildman–Crippen MR) is 562 cm³/mol. The maximum absolute atomic E-state index is 2.75. The monoisotopic (exact) mass is 1670 g/mol. The van der Waals surface area contributed by atoms with E-state index in [-0.39, 0.29) is 13.4 Å². The maximum atomic E-state index is 2.75. The van der Waals surface area contributed by atoms with Crippen molar-refractivity contribution in [2.75, 3.05) is 19.6 Å². The van der Waals surface area contributed by atoms with Crippen LogP contribution in [0.3, 0.4) is 0 Å². The van der Waals surface area contributed by atoms with Crippen LogP contribution in [0, 0.1) is 69.2 Å². The second-order valence-corrected chi connectivity index (χ2v) is 36.5. The number of rotatable bonds is 15. The Bertz CT molecular complexity index is 7540. The van der Waals surface area contributed by atoms with Crippen LogP contribution in [-0.2, 0) is 0 Å². The fraction of sp³-hybridized carbons (Fsp3) is 0.0806. The predicted octanol–water partition coefficient (Wildman–Crippen LogP) is 27.6. The molecule has 4 heterocycles. The molecule has 19 aromatic rings. The van der Waals surface area contributed by atoms with E-state index in [4.69, 9.17) is 0 Å². The second-order valence-electron chi connectivity index (χ2n) is 36.5. The van der Waals surface area contributed by atoms with Crippen LogP contribution in [0.25, 0.3) is 100 Å². The summed E-state index contributed by atoms with van der Waals surface area (Å²) in [6.45, 7) is 22.1. The van der Waals surface area contributed by atoms with E-state index in [1.165, 1.54) is 150 Å². The highest BCUT2D eigenvalue weighted by Gasteiger charge is 2.49. The molecule has 23 rings (SSSR count). The van der Waals surface area contributed by atoms with Crippen molar-refractivity contribution in [2.45, 2.75) is 69.2 Å². The van der Waals surface area contributed by atoms with E-state index in [0.29, 0.717) is 0 Å². The van der Waals surface area contributed by atoms with Crippen molar-refractivity contribution in [3.63, 3.8) is 0 Å². The van der Waals surface area contributed by atoms with E-state index in [1.807, 2.05) is 0 Å². The topological polar surface area (TPSA) is 13.0 Å². The first-order valence-electron chi connectivity index (χ1n) is 46.1. The van der Waals surface area contributed by atoms with E-state index < -0.39 is 0 Å². The van der Waals surface area contributed by atoms with Gasteiger partial charge in [0.1, 0.15) is 0 Å². The van der Waals surface area contributed by atoms with Gasteiger partial charge in [-0.15, -0.1) is 0 Å². The highest BCUT2D eigenvalue weighted by atomic mass is 15.2. The molecule has 0 unspecified atom stereocenters. The summed E-state index contributed by atoms with van der Waals surface area (Å²) in [6, 6.07) is 153. The molecular formula is C124H96B3N4. The largest absolute Gasteiger partial charge is 0.311 e. The average molecular weight is 1670 g/mol. The van der Waals surface area contributed by atoms with E-state index in [0.717, 1.165) is 118 Å². The molecule has 4 aliphatic heterocycles. The van der Waals surface area contributed by atoms with Crippen LogP contribution >= 0.6 is 0 Å². The van der Waals surface area contributed by atoms with Gasteiger partial charge in [-0.2, -0.15) is 0 Å². The summed E-state index contributed by atoms with van der Waals surface area (Å²) in [5.41, 5.74) is 56.9. The molecule has 621 valence electrons. The van der Waals surface area contributed by atoms with Gasteiger partial charge in [0.15, 0.2) is 7.28 Å². The van der Waals surface area contributed by atoms with Gasteiger partial charge in [0.2, 0.25) is 6.71 Å². The molecule has 0 amide bonds. The summed E-state index contributed by atoms with van der Waals surface area (Å²) in [7, 11) is 2.58. The summed E-state index contributed by atoms with van der Waals surface area (Å²) >= 11 is 0. The highest BCUT2D eigenvalue weighted by Crippen LogP contribution is 2.54. The quantitative estimate of drug-likeness (QED) is 0.0949. The minimum atomic E-state index is -0.314. The lowest BCUT2D eigenvalue weighted by Gasteiger charge is -2.47. The van der Waals surface area contributed by atoms with Gasteiger partial charge in [-0.3, -0.25) is 0 Å². The molecule has 0 saturated carbocycles. The zero-order valence-electron chi connectivity index (χ0n) is 75.6. The van der Waals surface area contributed by atoms with Gasteiger partial charge in [0.05, 0.1) is 5.69 Å². The van der Waals surface area contributed by atoms with Crippen molar-refractivity contribution in [2.24, 2.45) is 0 Å². The van der Waals surface area contributed by atoms with Crippen LogP contribution < -0.4 is 63.3 Å². The summed E-state index contributed by atoms with van der Waals surface area (Å²) in [5, 5.41) is 0. The third-order valence-corrected chi connectivity index (χ3v) is 28.4. The number of anilines is 12. The molecule has 4 nitrogen and oxygen atoms in total. The van der Waals surface area contributed by atoms with Crippen molar-refractivity contribution >= 4 is 133 Å². The lowest BCUT2D eigenvalue weighted by molar-refractivity contribution is 1.25. The van der Waals surface area contributed by atoms with Crippen LogP contribution in [0.2, 0.25) is 0 Å². The Hall–Kier alpha value is -15.4. The third-order valence-electron chi connectivity index (χ3n) is 28.4. The standard InChI is InChI=1S/C124H96B3N4/c1-77-29-23-30-78(2)117(77)93-53-63-100(64-54-93)129-112-68-58-96(120-83(7)35-26-36-84(120)8)70-109(112)127-110-76-107-105(75-113(110)131(115-72-97(71-114(129)123(115)127)121-85(9)37-27-38-86(121)10)124-103(91-43-19-13-20-44-91)47-28-48-104(124)92-45-21-14-22-46-92)125-106-73-102(128(98-59-49-89(50-60-98)87-39-15-11-16-40-87)99-61-51-90(52-62-99)88-41-17-12-18-42-88)74-116-122(106)126(107)108-69-95(119-81(5)33-25-34-82(119)6)57-67-111(108)130(116)101-65-55-94(56-66-101)118-79(3)31-24-32-80(118)4/h11-76H,1-10H3. The Morgan fingerprint density at radius 3 is 0.924 bits per heavy atom. The molecule has 0 atom stereocenters. The fourth-order valence-electron chi connectivity index (χ4n) is 22.6. The lowest BCUT2D eigenvalue weighted by Crippen LogP contribution is -2.72. The van der Waals surface area contributed by atoms with Gasteiger partial charge in [-0.1, -0.05) is 331 Å². The Morgan fingerprint density at radius 2 is 0.519 bits per heavy atom. The average Bonchev–Trinajstić information content (AvgIpc) is 0.679. The molecule has 0 aliphatic carbocycles. The third kappa shape index (κ3) is 13.6. The van der Waals surface area contributed by atoms with Gasteiger partial charge < -0.3 is 19.6 Å². The number of hydrogen-bond donors (Lipinski definition) is 0. The first kappa shape index (κ1) is 80.2. The molecule has 0 aromatic heterocycles. The van der Waals surface area contributed by atoms with Gasteiger partial charge in [0.25, 0.3) is 6.71 Å². The van der Waals surface area contributed by atoms with Crippen molar-refractivity contribution in [1.29, 1.82) is 0 Å². The van der Waals surface area contributed by atoms with Gasteiger partial charge in [0, 0.05) is 73.7 Å². The Kier molecular flexibility index (Phi) is 19.8. The zero-order valence-corrected chi connectivity index (χ0v) is 75.6.